The Morgan fingerprint density at radius 1 is 0.385 bits per heavy atom. The number of aromatic nitrogens is 1. The first-order chi connectivity index (χ1) is 25.8. The van der Waals surface area contributed by atoms with Crippen molar-refractivity contribution in [3.05, 3.63) is 182 Å². The van der Waals surface area contributed by atoms with Crippen molar-refractivity contribution in [3.63, 3.8) is 0 Å². The molecular formula is C48H30BNO2. The average Bonchev–Trinajstić information content (AvgIpc) is 3.55. The third-order valence-electron chi connectivity index (χ3n) is 10.7. The summed E-state index contributed by atoms with van der Waals surface area (Å²) in [7, 11) is 0. The fraction of sp³-hybridized carbons (Fsp3) is 0. The van der Waals surface area contributed by atoms with Crippen molar-refractivity contribution < 1.29 is 9.39 Å². The molecule has 8 aromatic carbocycles. The molecule has 4 heteroatoms. The first-order valence-electron chi connectivity index (χ1n) is 17.8. The second-order valence-corrected chi connectivity index (χ2v) is 13.6. The van der Waals surface area contributed by atoms with E-state index in [9.17, 15) is 0 Å². The summed E-state index contributed by atoms with van der Waals surface area (Å²) in [6.07, 6.45) is 0. The maximum Gasteiger partial charge on any atom is 0.434 e. The fourth-order valence-corrected chi connectivity index (χ4v) is 8.30. The number of ether oxygens (including phenoxy) is 1. The highest BCUT2D eigenvalue weighted by Gasteiger charge is 2.40. The second kappa shape index (κ2) is 11.4. The van der Waals surface area contributed by atoms with Crippen LogP contribution in [0.5, 0.6) is 17.2 Å². The van der Waals surface area contributed by atoms with Crippen molar-refractivity contribution in [1.82, 2.24) is 4.57 Å². The largest absolute Gasteiger partial charge is 0.551 e. The van der Waals surface area contributed by atoms with Crippen LogP contribution in [0.15, 0.2) is 182 Å². The predicted octanol–water partition coefficient (Wildman–Crippen LogP) is 11.1. The normalized spacial score (nSPS) is 12.5. The maximum absolute atomic E-state index is 6.86. The minimum absolute atomic E-state index is 0.253. The van der Waals surface area contributed by atoms with Gasteiger partial charge in [0, 0.05) is 32.9 Å². The summed E-state index contributed by atoms with van der Waals surface area (Å²) >= 11 is 0. The Morgan fingerprint density at radius 2 is 1.02 bits per heavy atom. The highest BCUT2D eigenvalue weighted by Crippen LogP contribution is 2.43. The van der Waals surface area contributed by atoms with Gasteiger partial charge < -0.3 is 14.0 Å². The molecule has 0 fully saturated rings. The number of hydrogen-bond donors (Lipinski definition) is 0. The molecule has 3 nitrogen and oxygen atoms in total. The van der Waals surface area contributed by atoms with Gasteiger partial charge in [-0.25, -0.2) is 0 Å². The number of para-hydroxylation sites is 2. The van der Waals surface area contributed by atoms with Gasteiger partial charge in [-0.15, -0.1) is 0 Å². The van der Waals surface area contributed by atoms with Crippen LogP contribution in [0.2, 0.25) is 0 Å². The summed E-state index contributed by atoms with van der Waals surface area (Å²) in [4.78, 5) is 0. The molecule has 1 aromatic heterocycles. The van der Waals surface area contributed by atoms with Gasteiger partial charge in [0.1, 0.15) is 17.2 Å². The van der Waals surface area contributed by atoms with Gasteiger partial charge in [-0.2, -0.15) is 0 Å². The zero-order valence-electron chi connectivity index (χ0n) is 28.2. The molecule has 0 radical (unpaired) electrons. The molecule has 0 unspecified atom stereocenters. The molecule has 0 aliphatic carbocycles. The first-order valence-corrected chi connectivity index (χ1v) is 17.8. The van der Waals surface area contributed by atoms with Crippen molar-refractivity contribution in [1.29, 1.82) is 0 Å². The van der Waals surface area contributed by atoms with Crippen molar-refractivity contribution in [2.75, 3.05) is 0 Å². The van der Waals surface area contributed by atoms with E-state index in [0.717, 1.165) is 61.7 Å². The average molecular weight is 664 g/mol. The van der Waals surface area contributed by atoms with Gasteiger partial charge in [0.15, 0.2) is 0 Å². The summed E-state index contributed by atoms with van der Waals surface area (Å²) < 4.78 is 15.9. The van der Waals surface area contributed by atoms with Crippen LogP contribution in [0.25, 0.3) is 72.0 Å². The second-order valence-electron chi connectivity index (χ2n) is 13.6. The van der Waals surface area contributed by atoms with Gasteiger partial charge in [-0.1, -0.05) is 133 Å². The summed E-state index contributed by atoms with van der Waals surface area (Å²) in [5, 5.41) is 2.53. The van der Waals surface area contributed by atoms with Crippen LogP contribution in [-0.2, 0) is 0 Å². The monoisotopic (exact) mass is 663 g/mol. The van der Waals surface area contributed by atoms with E-state index < -0.39 is 0 Å². The van der Waals surface area contributed by atoms with Crippen molar-refractivity contribution in [2.45, 2.75) is 0 Å². The lowest BCUT2D eigenvalue weighted by Gasteiger charge is -2.33. The van der Waals surface area contributed by atoms with E-state index in [1.165, 1.54) is 38.5 Å². The molecule has 242 valence electrons. The maximum atomic E-state index is 6.86. The molecule has 0 atom stereocenters. The lowest BCUT2D eigenvalue weighted by molar-refractivity contribution is 0.479. The van der Waals surface area contributed by atoms with E-state index in [2.05, 4.69) is 187 Å². The highest BCUT2D eigenvalue weighted by atomic mass is 16.5. The van der Waals surface area contributed by atoms with Crippen LogP contribution in [0.4, 0.5) is 0 Å². The topological polar surface area (TPSA) is 23.4 Å². The van der Waals surface area contributed by atoms with Crippen LogP contribution in [0, 0.1) is 0 Å². The standard InChI is InChI=1S/C48H30BNO2/c1-2-11-32(12-3-1)36-13-4-5-14-37(36)34-24-28-45-41(29-34)40-17-10-20-46-48(40)49(52-45)42-27-23-33(30-47(42)51-46)31-21-25-35(26-22-31)50-43-18-8-6-15-38(43)39-16-7-9-19-44(39)50/h1-30H. The number of benzene rings is 8. The molecular weight excluding hydrogens is 633 g/mol. The molecule has 0 spiro atoms. The zero-order chi connectivity index (χ0) is 34.2. The van der Waals surface area contributed by atoms with Crippen LogP contribution in [0.3, 0.4) is 0 Å². The van der Waals surface area contributed by atoms with Crippen LogP contribution >= 0.6 is 0 Å². The van der Waals surface area contributed by atoms with Gasteiger partial charge in [0.2, 0.25) is 0 Å². The number of hydrogen-bond acceptors (Lipinski definition) is 2. The number of fused-ring (bicyclic) bond motifs is 7. The molecule has 2 aliphatic heterocycles. The molecule has 0 N–H and O–H groups in total. The van der Waals surface area contributed by atoms with E-state index in [4.69, 9.17) is 9.39 Å². The van der Waals surface area contributed by atoms with E-state index in [1.807, 2.05) is 0 Å². The Kier molecular flexibility index (Phi) is 6.35. The smallest absolute Gasteiger partial charge is 0.434 e. The molecule has 0 bridgehead atoms. The Morgan fingerprint density at radius 3 is 1.79 bits per heavy atom. The molecule has 0 saturated carbocycles. The SMILES string of the molecule is c1ccc(-c2ccccc2-c2ccc3c(c2)-c2cccc4c2B(O3)c2ccc(-c3ccc(-n5c6ccccc6c6ccccc65)cc3)cc2O4)cc1. The van der Waals surface area contributed by atoms with E-state index in [1.54, 1.807) is 0 Å². The Balaban J connectivity index is 0.944. The zero-order valence-corrected chi connectivity index (χ0v) is 28.2. The van der Waals surface area contributed by atoms with Crippen LogP contribution < -0.4 is 20.3 Å². The van der Waals surface area contributed by atoms with Crippen molar-refractivity contribution >= 4 is 39.6 Å². The molecule has 0 amide bonds. The van der Waals surface area contributed by atoms with Crippen molar-refractivity contribution in [3.8, 4) is 67.4 Å². The predicted molar refractivity (Wildman–Crippen MR) is 215 cm³/mol. The Hall–Kier alpha value is -6.78. The molecule has 2 aliphatic rings. The van der Waals surface area contributed by atoms with Gasteiger partial charge >= 0.3 is 6.92 Å². The van der Waals surface area contributed by atoms with Gasteiger partial charge in [0.25, 0.3) is 0 Å². The van der Waals surface area contributed by atoms with E-state index in [0.29, 0.717) is 0 Å². The minimum atomic E-state index is -0.253. The molecule has 9 aromatic rings. The first kappa shape index (κ1) is 29.0. The lowest BCUT2D eigenvalue weighted by atomic mass is 9.51. The quantitative estimate of drug-likeness (QED) is 0.175. The Labute approximate surface area is 302 Å². The molecule has 3 heterocycles. The van der Waals surface area contributed by atoms with Gasteiger partial charge in [-0.05, 0) is 87.5 Å². The summed E-state index contributed by atoms with van der Waals surface area (Å²) in [5.74, 6) is 2.55. The lowest BCUT2D eigenvalue weighted by Crippen LogP contribution is -2.53. The number of nitrogens with zero attached hydrogens (tertiary/aromatic N) is 1. The van der Waals surface area contributed by atoms with E-state index in [-0.39, 0.29) is 6.92 Å². The molecule has 52 heavy (non-hydrogen) atoms. The van der Waals surface area contributed by atoms with E-state index >= 15 is 0 Å². The summed E-state index contributed by atoms with van der Waals surface area (Å²) in [5.41, 5.74) is 14.9. The number of rotatable bonds is 4. The Bertz CT molecular complexity index is 2800. The highest BCUT2D eigenvalue weighted by molar-refractivity contribution is 6.84. The van der Waals surface area contributed by atoms with Crippen LogP contribution in [0.1, 0.15) is 0 Å². The van der Waals surface area contributed by atoms with Crippen molar-refractivity contribution in [2.24, 2.45) is 0 Å². The minimum Gasteiger partial charge on any atom is -0.551 e. The third kappa shape index (κ3) is 4.41. The summed E-state index contributed by atoms with van der Waals surface area (Å²) in [6.45, 7) is -0.253. The third-order valence-corrected chi connectivity index (χ3v) is 10.7. The van der Waals surface area contributed by atoms with Gasteiger partial charge in [-0.3, -0.25) is 0 Å². The summed E-state index contributed by atoms with van der Waals surface area (Å²) in [6, 6.07) is 64.7. The van der Waals surface area contributed by atoms with Crippen LogP contribution in [-0.4, -0.2) is 11.5 Å². The molecule has 0 saturated heterocycles. The molecule has 11 rings (SSSR count). The van der Waals surface area contributed by atoms with Gasteiger partial charge in [0.05, 0.1) is 11.0 Å². The fourth-order valence-electron chi connectivity index (χ4n) is 8.30.